The van der Waals surface area contributed by atoms with Gasteiger partial charge < -0.3 is 4.65 Å². The summed E-state index contributed by atoms with van der Waals surface area (Å²) in [4.78, 5) is 0. The molecule has 13 heteroatoms. The molecule has 0 saturated carbocycles. The van der Waals surface area contributed by atoms with E-state index in [4.69, 9.17) is 0 Å². The highest BCUT2D eigenvalue weighted by Gasteiger charge is 2.58. The van der Waals surface area contributed by atoms with Crippen LogP contribution in [-0.2, 0) is 0 Å². The van der Waals surface area contributed by atoms with Crippen molar-refractivity contribution in [2.75, 3.05) is 0 Å². The third kappa shape index (κ3) is 7.85. The molecule has 0 aliphatic carbocycles. The van der Waals surface area contributed by atoms with Crippen molar-refractivity contribution in [3.05, 3.63) is 0 Å². The number of alkyl halides is 10. The van der Waals surface area contributed by atoms with Crippen molar-refractivity contribution in [1.29, 1.82) is 0 Å². The van der Waals surface area contributed by atoms with Crippen LogP contribution < -0.4 is 4.65 Å². The zero-order valence-electron chi connectivity index (χ0n) is 14.1. The molecule has 0 aromatic rings. The van der Waals surface area contributed by atoms with E-state index in [0.717, 1.165) is 0 Å². The highest BCUT2D eigenvalue weighted by Crippen LogP contribution is 2.41. The van der Waals surface area contributed by atoms with E-state index in [0.29, 0.717) is 0 Å². The molecule has 0 saturated heterocycles. The van der Waals surface area contributed by atoms with Crippen LogP contribution in [0, 0.1) is 0 Å². The molecule has 0 bridgehead atoms. The number of hydrogen-bond acceptors (Lipinski definition) is 1. The van der Waals surface area contributed by atoms with Crippen LogP contribution in [0.25, 0.3) is 0 Å². The number of halogens is 10. The third-order valence-corrected chi connectivity index (χ3v) is 12.0. The molecule has 0 rings (SSSR count). The van der Waals surface area contributed by atoms with Crippen LogP contribution in [0.5, 0.6) is 0 Å². The van der Waals surface area contributed by atoms with E-state index in [1.54, 1.807) is 0 Å². The molecule has 0 aromatic heterocycles. The molecule has 1 N–H and O–H groups in total. The Labute approximate surface area is 141 Å². The van der Waals surface area contributed by atoms with Crippen LogP contribution in [0.1, 0.15) is 12.8 Å². The summed E-state index contributed by atoms with van der Waals surface area (Å²) in [5, 5.41) is 0. The van der Waals surface area contributed by atoms with E-state index in [2.05, 4.69) is 4.65 Å². The zero-order chi connectivity index (χ0) is 20.5. The second-order valence-electron chi connectivity index (χ2n) is 7.30. The minimum Gasteiger partial charge on any atom is -0.359 e. The summed E-state index contributed by atoms with van der Waals surface area (Å²) in [7, 11) is -5.73. The van der Waals surface area contributed by atoms with Crippen molar-refractivity contribution < 1.29 is 43.9 Å². The molecule has 0 aliphatic heterocycles. The van der Waals surface area contributed by atoms with Crippen LogP contribution in [-0.4, -0.2) is 40.7 Å². The summed E-state index contributed by atoms with van der Waals surface area (Å²) in [6, 6.07) is -0.989. The van der Waals surface area contributed by atoms with Gasteiger partial charge >= 0.3 is 24.2 Å². The van der Waals surface area contributed by atoms with Gasteiger partial charge in [0.05, 0.1) is 0 Å². The molecule has 0 amide bonds. The van der Waals surface area contributed by atoms with Gasteiger partial charge in [-0.1, -0.05) is 26.2 Å². The van der Waals surface area contributed by atoms with Crippen molar-refractivity contribution in [2.45, 2.75) is 75.3 Å². The predicted molar refractivity (Wildman–Crippen MR) is 79.0 cm³/mol. The predicted octanol–water partition coefficient (Wildman–Crippen LogP) is 6.16. The molecule has 0 atom stereocenters. The molecule has 0 aliphatic rings. The lowest BCUT2D eigenvalue weighted by Gasteiger charge is -2.36. The summed E-state index contributed by atoms with van der Waals surface area (Å²) in [6.45, 7) is 5.76. The van der Waals surface area contributed by atoms with Gasteiger partial charge in [-0.3, -0.25) is 0 Å². The van der Waals surface area contributed by atoms with Crippen LogP contribution in [0.15, 0.2) is 0 Å². The largest absolute Gasteiger partial charge is 0.453 e. The molecule has 0 heterocycles. The average Bonchev–Trinajstić information content (AvgIpc) is 2.31. The quantitative estimate of drug-likeness (QED) is 0.363. The normalized spacial score (nSPS) is 15.6. The fourth-order valence-electron chi connectivity index (χ4n) is 2.26. The minimum atomic E-state index is -5.68. The van der Waals surface area contributed by atoms with Crippen LogP contribution in [0.2, 0.25) is 38.3 Å². The summed E-state index contributed by atoms with van der Waals surface area (Å²) >= 11 is 0. The number of rotatable bonds is 8. The molecular formula is C12H21F10NSi2. The number of nitrogens with one attached hydrogen (secondary N) is 1. The van der Waals surface area contributed by atoms with E-state index in [1.165, 1.54) is 26.2 Å². The monoisotopic (exact) mass is 425 g/mol. The van der Waals surface area contributed by atoms with Gasteiger partial charge in [0.1, 0.15) is 16.5 Å². The molecule has 0 aromatic carbocycles. The van der Waals surface area contributed by atoms with Gasteiger partial charge in [0, 0.05) is 12.8 Å². The Morgan fingerprint density at radius 3 is 1.00 bits per heavy atom. The van der Waals surface area contributed by atoms with E-state index in [-0.39, 0.29) is 0 Å². The molecule has 152 valence electrons. The van der Waals surface area contributed by atoms with Gasteiger partial charge in [0.15, 0.2) is 0 Å². The fraction of sp³-hybridized carbons (Fsp3) is 1.00. The van der Waals surface area contributed by atoms with Crippen molar-refractivity contribution >= 4 is 16.5 Å². The molecular weight excluding hydrogens is 404 g/mol. The van der Waals surface area contributed by atoms with Gasteiger partial charge in [-0.05, 0) is 12.1 Å². The zero-order valence-corrected chi connectivity index (χ0v) is 16.1. The Balaban J connectivity index is 4.82. The molecule has 1 nitrogen and oxygen atoms in total. The van der Waals surface area contributed by atoms with E-state index < -0.39 is 65.6 Å². The lowest BCUT2D eigenvalue weighted by molar-refractivity contribution is -0.282. The maximum Gasteiger partial charge on any atom is 0.453 e. The first-order chi connectivity index (χ1) is 10.6. The maximum atomic E-state index is 13.0. The first-order valence-corrected chi connectivity index (χ1v) is 13.7. The summed E-state index contributed by atoms with van der Waals surface area (Å²) < 4.78 is 128. The van der Waals surface area contributed by atoms with Crippen molar-refractivity contribution in [3.63, 3.8) is 0 Å². The first kappa shape index (κ1) is 24.7. The first-order valence-electron chi connectivity index (χ1n) is 7.30. The lowest BCUT2D eigenvalue weighted by Crippen LogP contribution is -2.60. The average molecular weight is 425 g/mol. The second kappa shape index (κ2) is 7.37. The Morgan fingerprint density at radius 2 is 0.800 bits per heavy atom. The van der Waals surface area contributed by atoms with Gasteiger partial charge in [0.25, 0.3) is 0 Å². The molecule has 25 heavy (non-hydrogen) atoms. The maximum absolute atomic E-state index is 13.0. The van der Waals surface area contributed by atoms with Gasteiger partial charge in [-0.15, -0.1) is 0 Å². The highest BCUT2D eigenvalue weighted by molar-refractivity contribution is 6.91. The van der Waals surface area contributed by atoms with Crippen LogP contribution >= 0.6 is 0 Å². The fourth-order valence-corrected chi connectivity index (χ4v) is 12.5. The summed E-state index contributed by atoms with van der Waals surface area (Å²) in [6.07, 6.45) is -14.3. The van der Waals surface area contributed by atoms with Crippen LogP contribution in [0.3, 0.4) is 0 Å². The molecule has 0 spiro atoms. The van der Waals surface area contributed by atoms with Gasteiger partial charge in [0.2, 0.25) is 0 Å². The summed E-state index contributed by atoms with van der Waals surface area (Å²) in [5.41, 5.74) is 0. The minimum absolute atomic E-state index is 0.494. The Morgan fingerprint density at radius 1 is 0.560 bits per heavy atom. The SMILES string of the molecule is C[Si](C)(CCC(F)(F)C(F)(F)F)N[Si](C)(C)CCC(F)(F)C(F)(F)F. The van der Waals surface area contributed by atoms with Crippen molar-refractivity contribution in [2.24, 2.45) is 0 Å². The van der Waals surface area contributed by atoms with E-state index in [9.17, 15) is 43.9 Å². The van der Waals surface area contributed by atoms with E-state index in [1.807, 2.05) is 0 Å². The number of hydrogen-bond donors (Lipinski definition) is 1. The standard InChI is InChI=1S/C12H21F10NSi2/c1-24(2,7-5-9(13,14)11(17,18)19)23-25(3,4)8-6-10(15,16)12(20,21)22/h23H,5-8H2,1-4H3. The molecule has 0 unspecified atom stereocenters. The Kier molecular flexibility index (Phi) is 7.28. The van der Waals surface area contributed by atoms with E-state index >= 15 is 0 Å². The highest BCUT2D eigenvalue weighted by atomic mass is 28.4. The topological polar surface area (TPSA) is 12.0 Å². The lowest BCUT2D eigenvalue weighted by atomic mass is 10.2. The Hall–Kier alpha value is -0.306. The van der Waals surface area contributed by atoms with Crippen molar-refractivity contribution in [3.8, 4) is 0 Å². The van der Waals surface area contributed by atoms with Crippen LogP contribution in [0.4, 0.5) is 43.9 Å². The smallest absolute Gasteiger partial charge is 0.359 e. The third-order valence-electron chi connectivity index (χ3n) is 3.63. The second-order valence-corrected chi connectivity index (χ2v) is 16.8. The molecule has 0 radical (unpaired) electrons. The van der Waals surface area contributed by atoms with Gasteiger partial charge in [-0.25, -0.2) is 0 Å². The van der Waals surface area contributed by atoms with Crippen molar-refractivity contribution in [1.82, 2.24) is 4.65 Å². The Bertz CT molecular complexity index is 402. The van der Waals surface area contributed by atoms with Gasteiger partial charge in [-0.2, -0.15) is 43.9 Å². The molecule has 0 fully saturated rings. The summed E-state index contributed by atoms with van der Waals surface area (Å²) in [5.74, 6) is -9.73.